The van der Waals surface area contributed by atoms with Crippen LogP contribution in [-0.2, 0) is 0 Å². The third kappa shape index (κ3) is 3.49. The van der Waals surface area contributed by atoms with Crippen molar-refractivity contribution in [3.63, 3.8) is 0 Å². The molecule has 7 heteroatoms. The molecular weight excluding hydrogens is 278 g/mol. The molecule has 0 unspecified atom stereocenters. The highest BCUT2D eigenvalue weighted by molar-refractivity contribution is 5.91. The van der Waals surface area contributed by atoms with E-state index in [1.54, 1.807) is 18.2 Å². The first-order valence-corrected chi connectivity index (χ1v) is 5.77. The molecular formula is C13H11F4NO2. The van der Waals surface area contributed by atoms with Crippen LogP contribution in [0.3, 0.4) is 0 Å². The molecule has 1 aromatic carbocycles. The summed E-state index contributed by atoms with van der Waals surface area (Å²) < 4.78 is 58.5. The summed E-state index contributed by atoms with van der Waals surface area (Å²) in [5.41, 5.74) is 0. The van der Waals surface area contributed by atoms with Gasteiger partial charge in [-0.1, -0.05) is 6.07 Å². The first-order chi connectivity index (χ1) is 9.58. The quantitative estimate of drug-likeness (QED) is 0.762. The summed E-state index contributed by atoms with van der Waals surface area (Å²) in [6.07, 6.45) is -3.87. The number of fused-ring (bicyclic) bond motifs is 1. The summed E-state index contributed by atoms with van der Waals surface area (Å²) in [6, 6.07) is 6.21. The standard InChI is InChI=1S/C13H11F4NO2/c14-11(15)6-19-10-3-1-2-9-8(10)4-5-18-13(9)20-7-12(16)17/h1-5,11-12H,6-7H2. The third-order valence-electron chi connectivity index (χ3n) is 2.44. The van der Waals surface area contributed by atoms with Gasteiger partial charge in [0.15, 0.2) is 6.61 Å². The Balaban J connectivity index is 2.30. The van der Waals surface area contributed by atoms with Crippen molar-refractivity contribution in [1.82, 2.24) is 4.98 Å². The van der Waals surface area contributed by atoms with Crippen molar-refractivity contribution < 1.29 is 27.0 Å². The van der Waals surface area contributed by atoms with E-state index in [1.807, 2.05) is 0 Å². The van der Waals surface area contributed by atoms with Crippen molar-refractivity contribution in [2.24, 2.45) is 0 Å². The van der Waals surface area contributed by atoms with Crippen LogP contribution in [0.15, 0.2) is 30.5 Å². The van der Waals surface area contributed by atoms with Crippen LogP contribution in [0.2, 0.25) is 0 Å². The average Bonchev–Trinajstić information content (AvgIpc) is 2.42. The summed E-state index contributed by atoms with van der Waals surface area (Å²) in [6.45, 7) is -1.52. The van der Waals surface area contributed by atoms with Crippen molar-refractivity contribution in [1.29, 1.82) is 0 Å². The third-order valence-corrected chi connectivity index (χ3v) is 2.44. The Bertz CT molecular complexity index is 526. The maximum absolute atomic E-state index is 12.2. The molecule has 108 valence electrons. The van der Waals surface area contributed by atoms with Crippen LogP contribution in [0.5, 0.6) is 11.6 Å². The van der Waals surface area contributed by atoms with E-state index in [9.17, 15) is 17.6 Å². The van der Waals surface area contributed by atoms with E-state index in [0.717, 1.165) is 0 Å². The molecule has 0 aliphatic rings. The van der Waals surface area contributed by atoms with Gasteiger partial charge < -0.3 is 9.47 Å². The lowest BCUT2D eigenvalue weighted by molar-refractivity contribution is 0.0801. The van der Waals surface area contributed by atoms with Crippen molar-refractivity contribution in [2.75, 3.05) is 13.2 Å². The number of hydrogen-bond donors (Lipinski definition) is 0. The van der Waals surface area contributed by atoms with Crippen LogP contribution in [0.25, 0.3) is 10.8 Å². The summed E-state index contributed by atoms with van der Waals surface area (Å²) in [7, 11) is 0. The lowest BCUT2D eigenvalue weighted by atomic mass is 10.1. The second kappa shape index (κ2) is 6.40. The number of halogens is 4. The summed E-state index contributed by atoms with van der Waals surface area (Å²) in [4.78, 5) is 3.86. The predicted molar refractivity (Wildman–Crippen MR) is 64.7 cm³/mol. The molecule has 2 aromatic rings. The topological polar surface area (TPSA) is 31.4 Å². The van der Waals surface area contributed by atoms with Gasteiger partial charge in [0.25, 0.3) is 12.9 Å². The van der Waals surface area contributed by atoms with Crippen LogP contribution in [0, 0.1) is 0 Å². The maximum atomic E-state index is 12.2. The van der Waals surface area contributed by atoms with Gasteiger partial charge in [-0.05, 0) is 18.2 Å². The highest BCUT2D eigenvalue weighted by Gasteiger charge is 2.11. The highest BCUT2D eigenvalue weighted by Crippen LogP contribution is 2.30. The molecule has 3 nitrogen and oxygen atoms in total. The summed E-state index contributed by atoms with van der Waals surface area (Å²) >= 11 is 0. The molecule has 0 atom stereocenters. The van der Waals surface area contributed by atoms with E-state index >= 15 is 0 Å². The number of alkyl halides is 4. The van der Waals surface area contributed by atoms with Crippen LogP contribution in [-0.4, -0.2) is 31.0 Å². The SMILES string of the molecule is FC(F)COc1cccc2c(OCC(F)F)nccc12. The molecule has 1 heterocycles. The van der Waals surface area contributed by atoms with E-state index in [1.165, 1.54) is 12.3 Å². The normalized spacial score (nSPS) is 11.3. The Labute approximate surface area is 112 Å². The summed E-state index contributed by atoms with van der Waals surface area (Å²) in [5, 5.41) is 0.910. The van der Waals surface area contributed by atoms with Gasteiger partial charge >= 0.3 is 0 Å². The lowest BCUT2D eigenvalue weighted by Gasteiger charge is -2.11. The van der Waals surface area contributed by atoms with E-state index < -0.39 is 26.1 Å². The summed E-state index contributed by atoms with van der Waals surface area (Å²) in [5.74, 6) is 0.248. The van der Waals surface area contributed by atoms with Gasteiger partial charge in [0.2, 0.25) is 5.88 Å². The Kier molecular flexibility index (Phi) is 4.60. The minimum Gasteiger partial charge on any atom is -0.487 e. The number of benzene rings is 1. The van der Waals surface area contributed by atoms with Crippen LogP contribution >= 0.6 is 0 Å². The van der Waals surface area contributed by atoms with Gasteiger partial charge in [0.05, 0.1) is 0 Å². The number of rotatable bonds is 6. The van der Waals surface area contributed by atoms with E-state index in [0.29, 0.717) is 10.8 Å². The molecule has 2 rings (SSSR count). The number of pyridine rings is 1. The first kappa shape index (κ1) is 14.4. The molecule has 0 amide bonds. The zero-order valence-corrected chi connectivity index (χ0v) is 10.2. The molecule has 0 bridgehead atoms. The molecule has 0 aliphatic heterocycles. The number of nitrogens with zero attached hydrogens (tertiary/aromatic N) is 1. The zero-order valence-electron chi connectivity index (χ0n) is 10.2. The number of hydrogen-bond acceptors (Lipinski definition) is 3. The van der Waals surface area contributed by atoms with Gasteiger partial charge in [0.1, 0.15) is 12.4 Å². The van der Waals surface area contributed by atoms with Crippen LogP contribution in [0.4, 0.5) is 17.6 Å². The second-order valence-electron chi connectivity index (χ2n) is 3.87. The fraction of sp³-hybridized carbons (Fsp3) is 0.308. The van der Waals surface area contributed by atoms with Crippen molar-refractivity contribution in [3.8, 4) is 11.6 Å². The molecule has 20 heavy (non-hydrogen) atoms. The second-order valence-corrected chi connectivity index (χ2v) is 3.87. The lowest BCUT2D eigenvalue weighted by Crippen LogP contribution is -2.09. The smallest absolute Gasteiger partial charge is 0.272 e. The van der Waals surface area contributed by atoms with Crippen molar-refractivity contribution >= 4 is 10.8 Å². The van der Waals surface area contributed by atoms with Gasteiger partial charge in [0, 0.05) is 17.0 Å². The average molecular weight is 289 g/mol. The molecule has 0 aliphatic carbocycles. The van der Waals surface area contributed by atoms with Gasteiger partial charge in [-0.2, -0.15) is 0 Å². The van der Waals surface area contributed by atoms with Gasteiger partial charge in [-0.15, -0.1) is 0 Å². The fourth-order valence-corrected chi connectivity index (χ4v) is 1.69. The number of ether oxygens (including phenoxy) is 2. The molecule has 1 aromatic heterocycles. The Morgan fingerprint density at radius 2 is 1.60 bits per heavy atom. The monoisotopic (exact) mass is 289 g/mol. The van der Waals surface area contributed by atoms with Crippen LogP contribution < -0.4 is 9.47 Å². The minimum atomic E-state index is -2.62. The molecule has 0 saturated carbocycles. The Morgan fingerprint density at radius 3 is 2.30 bits per heavy atom. The van der Waals surface area contributed by atoms with E-state index in [-0.39, 0.29) is 11.6 Å². The Morgan fingerprint density at radius 1 is 0.900 bits per heavy atom. The van der Waals surface area contributed by atoms with Gasteiger partial charge in [-0.25, -0.2) is 22.5 Å². The first-order valence-electron chi connectivity index (χ1n) is 5.77. The van der Waals surface area contributed by atoms with Crippen molar-refractivity contribution in [3.05, 3.63) is 30.5 Å². The van der Waals surface area contributed by atoms with Crippen molar-refractivity contribution in [2.45, 2.75) is 12.9 Å². The van der Waals surface area contributed by atoms with E-state index in [4.69, 9.17) is 9.47 Å². The van der Waals surface area contributed by atoms with Crippen LogP contribution in [0.1, 0.15) is 0 Å². The highest BCUT2D eigenvalue weighted by atomic mass is 19.3. The Hall–Kier alpha value is -2.05. The molecule has 0 spiro atoms. The number of aromatic nitrogens is 1. The predicted octanol–water partition coefficient (Wildman–Crippen LogP) is 3.52. The van der Waals surface area contributed by atoms with Gasteiger partial charge in [-0.3, -0.25) is 0 Å². The minimum absolute atomic E-state index is 0.0188. The molecule has 0 radical (unpaired) electrons. The maximum Gasteiger partial charge on any atom is 0.272 e. The molecule has 0 fully saturated rings. The zero-order chi connectivity index (χ0) is 14.5. The largest absolute Gasteiger partial charge is 0.487 e. The molecule has 0 saturated heterocycles. The molecule has 0 N–H and O–H groups in total. The van der Waals surface area contributed by atoms with E-state index in [2.05, 4.69) is 4.98 Å². The fourth-order valence-electron chi connectivity index (χ4n) is 1.69.